The third kappa shape index (κ3) is 4.27. The predicted octanol–water partition coefficient (Wildman–Crippen LogP) is 12.6. The first-order valence-corrected chi connectivity index (χ1v) is 16.9. The summed E-state index contributed by atoms with van der Waals surface area (Å²) in [6, 6.07) is 53.7. The van der Waals surface area contributed by atoms with Crippen LogP contribution in [-0.4, -0.2) is 9.97 Å². The molecule has 0 saturated heterocycles. The molecule has 0 fully saturated rings. The summed E-state index contributed by atoms with van der Waals surface area (Å²) in [7, 11) is 0. The molecule has 3 aromatic heterocycles. The minimum absolute atomic E-state index is 0.543. The molecular formula is C44H26N2OS. The maximum absolute atomic E-state index is 6.45. The Morgan fingerprint density at radius 3 is 1.98 bits per heavy atom. The van der Waals surface area contributed by atoms with Gasteiger partial charge in [0.1, 0.15) is 11.1 Å². The van der Waals surface area contributed by atoms with Crippen molar-refractivity contribution in [3.8, 4) is 44.6 Å². The Hall–Kier alpha value is -6.10. The normalized spacial score (nSPS) is 11.8. The molecule has 48 heavy (non-hydrogen) atoms. The van der Waals surface area contributed by atoms with Crippen LogP contribution in [-0.2, 0) is 0 Å². The van der Waals surface area contributed by atoms with Crippen LogP contribution >= 0.6 is 11.3 Å². The summed E-state index contributed by atoms with van der Waals surface area (Å²) >= 11 is 1.86. The predicted molar refractivity (Wildman–Crippen MR) is 201 cm³/mol. The zero-order valence-electron chi connectivity index (χ0n) is 25.7. The van der Waals surface area contributed by atoms with Crippen molar-refractivity contribution in [2.24, 2.45) is 0 Å². The molecule has 3 nitrogen and oxygen atoms in total. The van der Waals surface area contributed by atoms with Crippen LogP contribution in [0.4, 0.5) is 0 Å². The molecule has 0 aliphatic heterocycles. The van der Waals surface area contributed by atoms with Crippen molar-refractivity contribution in [1.82, 2.24) is 9.97 Å². The summed E-state index contributed by atoms with van der Waals surface area (Å²) in [5, 5.41) is 5.91. The Kier molecular flexibility index (Phi) is 6.05. The van der Waals surface area contributed by atoms with Crippen LogP contribution < -0.4 is 0 Å². The maximum Gasteiger partial charge on any atom is 0.246 e. The average Bonchev–Trinajstić information content (AvgIpc) is 3.73. The molecule has 0 amide bonds. The first-order chi connectivity index (χ1) is 23.8. The molecule has 4 heteroatoms. The van der Waals surface area contributed by atoms with E-state index in [-0.39, 0.29) is 0 Å². The molecule has 0 spiro atoms. The molecule has 3 heterocycles. The molecule has 0 unspecified atom stereocenters. The topological polar surface area (TPSA) is 38.9 Å². The smallest absolute Gasteiger partial charge is 0.246 e. The first kappa shape index (κ1) is 27.1. The van der Waals surface area contributed by atoms with Gasteiger partial charge < -0.3 is 4.42 Å². The van der Waals surface area contributed by atoms with E-state index in [0.717, 1.165) is 55.4 Å². The second-order valence-corrected chi connectivity index (χ2v) is 13.2. The minimum atomic E-state index is 0.543. The lowest BCUT2D eigenvalue weighted by Crippen LogP contribution is -1.88. The van der Waals surface area contributed by atoms with Crippen LogP contribution in [0.2, 0.25) is 0 Å². The highest BCUT2D eigenvalue weighted by molar-refractivity contribution is 7.26. The van der Waals surface area contributed by atoms with Crippen LogP contribution in [0.5, 0.6) is 0 Å². The number of benzene rings is 7. The minimum Gasteiger partial charge on any atom is -0.436 e. The third-order valence-electron chi connectivity index (χ3n) is 9.35. The van der Waals surface area contributed by atoms with Gasteiger partial charge in [0.05, 0.1) is 17.3 Å². The molecule has 10 aromatic rings. The Morgan fingerprint density at radius 1 is 0.479 bits per heavy atom. The molecule has 0 saturated carbocycles. The van der Waals surface area contributed by atoms with E-state index in [2.05, 4.69) is 146 Å². The van der Waals surface area contributed by atoms with Gasteiger partial charge in [-0.05, 0) is 68.4 Å². The van der Waals surface area contributed by atoms with Gasteiger partial charge >= 0.3 is 0 Å². The number of hydrogen-bond acceptors (Lipinski definition) is 4. The first-order valence-electron chi connectivity index (χ1n) is 16.1. The Labute approximate surface area is 280 Å². The van der Waals surface area contributed by atoms with Gasteiger partial charge in [0.25, 0.3) is 0 Å². The number of thiophene rings is 1. The van der Waals surface area contributed by atoms with Crippen molar-refractivity contribution in [2.75, 3.05) is 0 Å². The van der Waals surface area contributed by atoms with E-state index in [9.17, 15) is 0 Å². The van der Waals surface area contributed by atoms with Crippen molar-refractivity contribution >= 4 is 64.5 Å². The summed E-state index contributed by atoms with van der Waals surface area (Å²) in [5.41, 5.74) is 10.9. The van der Waals surface area contributed by atoms with Crippen LogP contribution in [0.3, 0.4) is 0 Å². The lowest BCUT2D eigenvalue weighted by molar-refractivity contribution is 0.654. The number of rotatable bonds is 4. The third-order valence-corrected chi connectivity index (χ3v) is 10.6. The van der Waals surface area contributed by atoms with Gasteiger partial charge in [-0.25, -0.2) is 9.97 Å². The zero-order chi connectivity index (χ0) is 31.6. The highest BCUT2D eigenvalue weighted by atomic mass is 32.1. The molecule has 0 aliphatic rings. The fraction of sp³-hybridized carbons (Fsp3) is 0. The van der Waals surface area contributed by atoms with Gasteiger partial charge in [-0.3, -0.25) is 0 Å². The Balaban J connectivity index is 1.06. The van der Waals surface area contributed by atoms with Crippen molar-refractivity contribution in [3.63, 3.8) is 0 Å². The van der Waals surface area contributed by atoms with E-state index in [1.807, 2.05) is 23.6 Å². The summed E-state index contributed by atoms with van der Waals surface area (Å²) in [5.74, 6) is 0. The number of aromatic nitrogens is 2. The van der Waals surface area contributed by atoms with Crippen molar-refractivity contribution in [1.29, 1.82) is 0 Å². The van der Waals surface area contributed by atoms with Gasteiger partial charge in [0, 0.05) is 25.7 Å². The van der Waals surface area contributed by atoms with E-state index >= 15 is 0 Å². The van der Waals surface area contributed by atoms with Gasteiger partial charge in [0.15, 0.2) is 0 Å². The van der Waals surface area contributed by atoms with Crippen molar-refractivity contribution in [3.05, 3.63) is 158 Å². The van der Waals surface area contributed by atoms with E-state index < -0.39 is 0 Å². The van der Waals surface area contributed by atoms with Gasteiger partial charge in [0.2, 0.25) is 5.71 Å². The summed E-state index contributed by atoms with van der Waals surface area (Å²) in [6.45, 7) is 0. The summed E-state index contributed by atoms with van der Waals surface area (Å²) < 4.78 is 9.09. The molecule has 0 radical (unpaired) electrons. The maximum atomic E-state index is 6.45. The van der Waals surface area contributed by atoms with E-state index in [0.29, 0.717) is 5.71 Å². The van der Waals surface area contributed by atoms with Crippen LogP contribution in [0.1, 0.15) is 0 Å². The number of nitrogens with zero attached hydrogens (tertiary/aromatic N) is 2. The number of fused-ring (bicyclic) bond motifs is 8. The largest absolute Gasteiger partial charge is 0.436 e. The SMILES string of the molecule is c1ccc(-c2cc3oc4nc(-c5cccc(-c6cccc(-c7cccc8c7sc7ccccc78)c6)c5)cnc4c3c3ccccc23)cc1. The van der Waals surface area contributed by atoms with Crippen LogP contribution in [0.25, 0.3) is 97.8 Å². The van der Waals surface area contributed by atoms with Gasteiger partial charge in [-0.2, -0.15) is 0 Å². The molecule has 0 bridgehead atoms. The zero-order valence-corrected chi connectivity index (χ0v) is 26.5. The van der Waals surface area contributed by atoms with Crippen LogP contribution in [0, 0.1) is 0 Å². The molecular weight excluding hydrogens is 605 g/mol. The Bertz CT molecular complexity index is 2850. The molecule has 224 valence electrons. The highest BCUT2D eigenvalue weighted by Gasteiger charge is 2.18. The number of furan rings is 1. The quantitative estimate of drug-likeness (QED) is 0.194. The van der Waals surface area contributed by atoms with Gasteiger partial charge in [-0.15, -0.1) is 11.3 Å². The fourth-order valence-corrected chi connectivity index (χ4v) is 8.33. The van der Waals surface area contributed by atoms with Gasteiger partial charge in [-0.1, -0.05) is 127 Å². The Morgan fingerprint density at radius 2 is 1.12 bits per heavy atom. The molecule has 0 atom stereocenters. The van der Waals surface area contributed by atoms with E-state index in [1.54, 1.807) is 0 Å². The van der Waals surface area contributed by atoms with Crippen molar-refractivity contribution in [2.45, 2.75) is 0 Å². The standard InChI is InChI=1S/C44H26N2OS/c1-2-11-27(12-3-1)37-25-39-41(35-19-5-4-17-33(35)37)42-44(47-39)46-38(26-45-42)31-16-9-14-29(24-31)28-13-8-15-30(23-28)32-20-10-21-36-34-18-6-7-22-40(34)48-43(32)36/h1-26H. The van der Waals surface area contributed by atoms with E-state index in [1.165, 1.54) is 36.7 Å². The fourth-order valence-electron chi connectivity index (χ4n) is 7.09. The lowest BCUT2D eigenvalue weighted by Gasteiger charge is -2.09. The molecule has 0 aliphatic carbocycles. The molecule has 0 N–H and O–H groups in total. The summed E-state index contributed by atoms with van der Waals surface area (Å²) in [4.78, 5) is 9.97. The molecule has 10 rings (SSSR count). The second kappa shape index (κ2) is 10.7. The average molecular weight is 631 g/mol. The summed E-state index contributed by atoms with van der Waals surface area (Å²) in [6.07, 6.45) is 1.87. The van der Waals surface area contributed by atoms with E-state index in [4.69, 9.17) is 14.4 Å². The number of hydrogen-bond donors (Lipinski definition) is 0. The van der Waals surface area contributed by atoms with Crippen LogP contribution in [0.15, 0.2) is 162 Å². The second-order valence-electron chi connectivity index (χ2n) is 12.2. The highest BCUT2D eigenvalue weighted by Crippen LogP contribution is 2.42. The molecule has 7 aromatic carbocycles. The lowest BCUT2D eigenvalue weighted by atomic mass is 9.96. The monoisotopic (exact) mass is 630 g/mol. The van der Waals surface area contributed by atoms with Crippen molar-refractivity contribution < 1.29 is 4.42 Å².